The molecule has 5 nitrogen and oxygen atoms in total. The smallest absolute Gasteiger partial charge is 0.145 e. The fourth-order valence-electron chi connectivity index (χ4n) is 3.04. The Labute approximate surface area is 141 Å². The number of nitrogens with one attached hydrogen (secondary N) is 1. The summed E-state index contributed by atoms with van der Waals surface area (Å²) in [7, 11) is 0. The van der Waals surface area contributed by atoms with E-state index in [1.807, 2.05) is 28.8 Å². The van der Waals surface area contributed by atoms with Crippen molar-refractivity contribution >= 4 is 22.1 Å². The molecule has 6 heteroatoms. The molecule has 0 atom stereocenters. The van der Waals surface area contributed by atoms with Crippen molar-refractivity contribution < 1.29 is 4.39 Å². The second-order valence-electron chi connectivity index (χ2n) is 5.75. The fraction of sp³-hybridized carbons (Fsp3) is 0. The third kappa shape index (κ3) is 2.19. The van der Waals surface area contributed by atoms with Crippen LogP contribution in [0.25, 0.3) is 39.1 Å². The molecule has 0 bridgehead atoms. The Bertz CT molecular complexity index is 1200. The highest BCUT2D eigenvalue weighted by Gasteiger charge is 2.15. The first-order valence-electron chi connectivity index (χ1n) is 7.81. The van der Waals surface area contributed by atoms with E-state index in [2.05, 4.69) is 15.0 Å². The second-order valence-corrected chi connectivity index (χ2v) is 5.75. The SMILES string of the molecule is Fc1ccc(-n2c(-c3ccc4nc[nH]c4c3)nc3ccncc32)cc1. The molecule has 0 aliphatic rings. The predicted molar refractivity (Wildman–Crippen MR) is 93.9 cm³/mol. The Morgan fingerprint density at radius 2 is 1.84 bits per heavy atom. The van der Waals surface area contributed by atoms with Crippen LogP contribution >= 0.6 is 0 Å². The highest BCUT2D eigenvalue weighted by Crippen LogP contribution is 2.29. The first-order chi connectivity index (χ1) is 12.3. The quantitative estimate of drug-likeness (QED) is 0.530. The van der Waals surface area contributed by atoms with Gasteiger partial charge in [-0.15, -0.1) is 0 Å². The Morgan fingerprint density at radius 3 is 2.72 bits per heavy atom. The van der Waals surface area contributed by atoms with E-state index in [1.54, 1.807) is 30.9 Å². The molecule has 0 spiro atoms. The molecule has 25 heavy (non-hydrogen) atoms. The molecule has 2 aromatic carbocycles. The summed E-state index contributed by atoms with van der Waals surface area (Å²) in [5.41, 5.74) is 5.31. The highest BCUT2D eigenvalue weighted by atomic mass is 19.1. The van der Waals surface area contributed by atoms with Crippen LogP contribution in [0, 0.1) is 5.82 Å². The average molecular weight is 329 g/mol. The number of rotatable bonds is 2. The highest BCUT2D eigenvalue weighted by molar-refractivity contribution is 5.85. The molecule has 3 heterocycles. The van der Waals surface area contributed by atoms with Crippen LogP contribution in [0.3, 0.4) is 0 Å². The van der Waals surface area contributed by atoms with Gasteiger partial charge in [-0.05, 0) is 48.5 Å². The van der Waals surface area contributed by atoms with Crippen molar-refractivity contribution in [2.45, 2.75) is 0 Å². The Balaban J connectivity index is 1.82. The van der Waals surface area contributed by atoms with Crippen LogP contribution < -0.4 is 0 Å². The van der Waals surface area contributed by atoms with Gasteiger partial charge in [-0.2, -0.15) is 0 Å². The average Bonchev–Trinajstić information content (AvgIpc) is 3.26. The number of imidazole rings is 2. The number of aromatic nitrogens is 5. The van der Waals surface area contributed by atoms with Gasteiger partial charge in [0.05, 0.1) is 34.6 Å². The summed E-state index contributed by atoms with van der Waals surface area (Å²) in [5, 5.41) is 0. The molecule has 0 amide bonds. The molecule has 1 N–H and O–H groups in total. The topological polar surface area (TPSA) is 59.4 Å². The van der Waals surface area contributed by atoms with Gasteiger partial charge in [-0.3, -0.25) is 9.55 Å². The van der Waals surface area contributed by atoms with Crippen LogP contribution in [0.1, 0.15) is 0 Å². The summed E-state index contributed by atoms with van der Waals surface area (Å²) in [6.07, 6.45) is 5.15. The van der Waals surface area contributed by atoms with Crippen LogP contribution in [0.4, 0.5) is 4.39 Å². The van der Waals surface area contributed by atoms with Gasteiger partial charge in [0.1, 0.15) is 11.6 Å². The van der Waals surface area contributed by atoms with Crippen LogP contribution in [0.2, 0.25) is 0 Å². The van der Waals surface area contributed by atoms with E-state index in [9.17, 15) is 4.39 Å². The lowest BCUT2D eigenvalue weighted by Crippen LogP contribution is -1.98. The fourth-order valence-corrected chi connectivity index (χ4v) is 3.04. The molecular formula is C19H12FN5. The zero-order valence-electron chi connectivity index (χ0n) is 13.0. The number of aromatic amines is 1. The largest absolute Gasteiger partial charge is 0.345 e. The maximum Gasteiger partial charge on any atom is 0.145 e. The van der Waals surface area contributed by atoms with E-state index < -0.39 is 0 Å². The number of hydrogen-bond donors (Lipinski definition) is 1. The van der Waals surface area contributed by atoms with E-state index in [1.165, 1.54) is 12.1 Å². The summed E-state index contributed by atoms with van der Waals surface area (Å²) >= 11 is 0. The molecule has 5 rings (SSSR count). The number of halogens is 1. The minimum absolute atomic E-state index is 0.272. The van der Waals surface area contributed by atoms with Crippen molar-refractivity contribution in [1.82, 2.24) is 24.5 Å². The van der Waals surface area contributed by atoms with Crippen LogP contribution in [-0.2, 0) is 0 Å². The third-order valence-corrected chi connectivity index (χ3v) is 4.22. The molecule has 0 unspecified atom stereocenters. The van der Waals surface area contributed by atoms with Crippen LogP contribution in [-0.4, -0.2) is 24.5 Å². The van der Waals surface area contributed by atoms with Crippen molar-refractivity contribution in [3.63, 3.8) is 0 Å². The molecule has 0 fully saturated rings. The monoisotopic (exact) mass is 329 g/mol. The zero-order valence-corrected chi connectivity index (χ0v) is 13.0. The molecule has 0 aliphatic carbocycles. The third-order valence-electron chi connectivity index (χ3n) is 4.22. The van der Waals surface area contributed by atoms with E-state index >= 15 is 0 Å². The lowest BCUT2D eigenvalue weighted by Gasteiger charge is -2.09. The lowest BCUT2D eigenvalue weighted by atomic mass is 10.2. The van der Waals surface area contributed by atoms with E-state index in [-0.39, 0.29) is 5.82 Å². The maximum atomic E-state index is 13.4. The molecule has 120 valence electrons. The number of hydrogen-bond acceptors (Lipinski definition) is 3. The minimum atomic E-state index is -0.272. The minimum Gasteiger partial charge on any atom is -0.345 e. The first kappa shape index (κ1) is 13.9. The van der Waals surface area contributed by atoms with Crippen molar-refractivity contribution in [1.29, 1.82) is 0 Å². The standard InChI is InChI=1S/C19H12FN5/c20-13-2-4-14(5-3-13)25-18-10-21-8-7-16(18)24-19(25)12-1-6-15-17(9-12)23-11-22-15/h1-11H,(H,22,23). The van der Waals surface area contributed by atoms with Gasteiger partial charge in [-0.1, -0.05) is 0 Å². The maximum absolute atomic E-state index is 13.4. The normalized spacial score (nSPS) is 11.4. The number of nitrogens with zero attached hydrogens (tertiary/aromatic N) is 4. The van der Waals surface area contributed by atoms with Gasteiger partial charge in [-0.25, -0.2) is 14.4 Å². The molecule has 0 aliphatic heterocycles. The van der Waals surface area contributed by atoms with Crippen molar-refractivity contribution in [2.75, 3.05) is 0 Å². The zero-order chi connectivity index (χ0) is 16.8. The van der Waals surface area contributed by atoms with Crippen molar-refractivity contribution in [3.05, 3.63) is 73.1 Å². The molecule has 3 aromatic heterocycles. The molecular weight excluding hydrogens is 317 g/mol. The Kier molecular flexibility index (Phi) is 2.90. The number of benzene rings is 2. The Hall–Kier alpha value is -3.54. The number of pyridine rings is 1. The first-order valence-corrected chi connectivity index (χ1v) is 7.81. The molecule has 0 saturated heterocycles. The van der Waals surface area contributed by atoms with E-state index in [4.69, 9.17) is 4.98 Å². The second kappa shape index (κ2) is 5.24. The van der Waals surface area contributed by atoms with Gasteiger partial charge in [0.25, 0.3) is 0 Å². The van der Waals surface area contributed by atoms with Crippen LogP contribution in [0.5, 0.6) is 0 Å². The van der Waals surface area contributed by atoms with Crippen LogP contribution in [0.15, 0.2) is 67.3 Å². The summed E-state index contributed by atoms with van der Waals surface area (Å²) in [4.78, 5) is 16.4. The Morgan fingerprint density at radius 1 is 0.960 bits per heavy atom. The molecule has 0 saturated carbocycles. The number of H-pyrrole nitrogens is 1. The number of fused-ring (bicyclic) bond motifs is 2. The summed E-state index contributed by atoms with van der Waals surface area (Å²) < 4.78 is 15.3. The van der Waals surface area contributed by atoms with Crippen molar-refractivity contribution in [2.24, 2.45) is 0 Å². The van der Waals surface area contributed by atoms with Crippen molar-refractivity contribution in [3.8, 4) is 17.1 Å². The molecule has 0 radical (unpaired) electrons. The van der Waals surface area contributed by atoms with E-state index in [0.717, 1.165) is 39.1 Å². The van der Waals surface area contributed by atoms with E-state index in [0.29, 0.717) is 0 Å². The summed E-state index contributed by atoms with van der Waals surface area (Å²) in [6, 6.07) is 14.2. The van der Waals surface area contributed by atoms with Gasteiger partial charge in [0, 0.05) is 17.4 Å². The van der Waals surface area contributed by atoms with Gasteiger partial charge in [0.15, 0.2) is 0 Å². The van der Waals surface area contributed by atoms with Gasteiger partial charge < -0.3 is 4.98 Å². The van der Waals surface area contributed by atoms with Gasteiger partial charge >= 0.3 is 0 Å². The lowest BCUT2D eigenvalue weighted by molar-refractivity contribution is 0.627. The van der Waals surface area contributed by atoms with Gasteiger partial charge in [0.2, 0.25) is 0 Å². The summed E-state index contributed by atoms with van der Waals surface area (Å²) in [5.74, 6) is 0.498. The predicted octanol–water partition coefficient (Wildman–Crippen LogP) is 4.10. The summed E-state index contributed by atoms with van der Waals surface area (Å²) in [6.45, 7) is 0. The molecule has 5 aromatic rings.